The molecule has 0 saturated heterocycles. The van der Waals surface area contributed by atoms with Gasteiger partial charge in [0, 0.05) is 16.8 Å². The van der Waals surface area contributed by atoms with Gasteiger partial charge in [0.1, 0.15) is 4.90 Å². The molecule has 100 valence electrons. The van der Waals surface area contributed by atoms with Crippen LogP contribution in [0.2, 0.25) is 0 Å². The summed E-state index contributed by atoms with van der Waals surface area (Å²) in [5.41, 5.74) is 0.760. The van der Waals surface area contributed by atoms with Crippen LogP contribution >= 0.6 is 11.8 Å². The molecule has 2 rings (SSSR count). The number of nitrogens with zero attached hydrogens (tertiary/aromatic N) is 1. The fraction of sp³-hybridized carbons (Fsp3) is 0.0833. The second-order valence-electron chi connectivity index (χ2n) is 3.75. The molecular formula is C12H13N3O2S2. The third-order valence-electron chi connectivity index (χ3n) is 2.41. The standard InChI is InChI=1S/C12H13N3O2S2/c1-18-10-5-2-4-9(8-10)15-12-11(19(13,16)17)6-3-7-14-12/h2-8H,1H3,(H,14,15)(H2,13,16,17). The van der Waals surface area contributed by atoms with Crippen molar-refractivity contribution < 1.29 is 8.42 Å². The highest BCUT2D eigenvalue weighted by atomic mass is 32.2. The van der Waals surface area contributed by atoms with Gasteiger partial charge in [0.2, 0.25) is 10.0 Å². The molecule has 0 aliphatic heterocycles. The number of aromatic nitrogens is 1. The van der Waals surface area contributed by atoms with Gasteiger partial charge in [-0.05, 0) is 36.6 Å². The maximum Gasteiger partial charge on any atom is 0.241 e. The fourth-order valence-corrected chi connectivity index (χ4v) is 2.65. The van der Waals surface area contributed by atoms with Crippen molar-refractivity contribution in [3.05, 3.63) is 42.6 Å². The van der Waals surface area contributed by atoms with Gasteiger partial charge >= 0.3 is 0 Å². The summed E-state index contributed by atoms with van der Waals surface area (Å²) in [6, 6.07) is 10.5. The minimum atomic E-state index is -3.80. The van der Waals surface area contributed by atoms with E-state index >= 15 is 0 Å². The number of nitrogens with two attached hydrogens (primary N) is 1. The van der Waals surface area contributed by atoms with Crippen molar-refractivity contribution in [2.45, 2.75) is 9.79 Å². The highest BCUT2D eigenvalue weighted by Crippen LogP contribution is 2.24. The van der Waals surface area contributed by atoms with Crippen molar-refractivity contribution in [2.24, 2.45) is 5.14 Å². The zero-order chi connectivity index (χ0) is 13.9. The number of thioether (sulfide) groups is 1. The molecule has 19 heavy (non-hydrogen) atoms. The van der Waals surface area contributed by atoms with E-state index in [2.05, 4.69) is 10.3 Å². The molecule has 5 nitrogen and oxygen atoms in total. The normalized spacial score (nSPS) is 11.3. The first-order chi connectivity index (χ1) is 9.00. The summed E-state index contributed by atoms with van der Waals surface area (Å²) in [6.07, 6.45) is 3.48. The average molecular weight is 295 g/mol. The van der Waals surface area contributed by atoms with Crippen LogP contribution in [0.1, 0.15) is 0 Å². The van der Waals surface area contributed by atoms with E-state index in [0.717, 1.165) is 10.6 Å². The molecule has 0 spiro atoms. The van der Waals surface area contributed by atoms with Crippen LogP contribution in [0.5, 0.6) is 0 Å². The Labute approximate surface area is 116 Å². The molecule has 0 radical (unpaired) electrons. The van der Waals surface area contributed by atoms with Crippen molar-refractivity contribution >= 4 is 33.3 Å². The Kier molecular flexibility index (Phi) is 4.08. The monoisotopic (exact) mass is 295 g/mol. The lowest BCUT2D eigenvalue weighted by atomic mass is 10.3. The predicted octanol–water partition coefficient (Wildman–Crippen LogP) is 2.19. The van der Waals surface area contributed by atoms with Gasteiger partial charge in [-0.2, -0.15) is 0 Å². The van der Waals surface area contributed by atoms with Crippen molar-refractivity contribution in [3.63, 3.8) is 0 Å². The first-order valence-electron chi connectivity index (χ1n) is 5.39. The molecule has 1 heterocycles. The first-order valence-corrected chi connectivity index (χ1v) is 8.17. The second-order valence-corrected chi connectivity index (χ2v) is 6.16. The van der Waals surface area contributed by atoms with E-state index in [4.69, 9.17) is 5.14 Å². The Morgan fingerprint density at radius 2 is 2.05 bits per heavy atom. The van der Waals surface area contributed by atoms with Crippen LogP contribution in [0.3, 0.4) is 0 Å². The molecule has 7 heteroatoms. The molecule has 1 aromatic heterocycles. The Bertz CT molecular complexity index is 687. The number of anilines is 2. The lowest BCUT2D eigenvalue weighted by Gasteiger charge is -2.10. The number of nitrogens with one attached hydrogen (secondary N) is 1. The van der Waals surface area contributed by atoms with Crippen molar-refractivity contribution in [3.8, 4) is 0 Å². The van der Waals surface area contributed by atoms with E-state index in [1.807, 2.05) is 30.5 Å². The number of hydrogen-bond donors (Lipinski definition) is 2. The van der Waals surface area contributed by atoms with Crippen molar-refractivity contribution in [1.82, 2.24) is 4.98 Å². The van der Waals surface area contributed by atoms with Crippen LogP contribution in [-0.2, 0) is 10.0 Å². The number of hydrogen-bond acceptors (Lipinski definition) is 5. The number of rotatable bonds is 4. The SMILES string of the molecule is CSc1cccc(Nc2ncccc2S(N)(=O)=O)c1. The minimum absolute atomic E-state index is 0.0236. The summed E-state index contributed by atoms with van der Waals surface area (Å²) >= 11 is 1.60. The summed E-state index contributed by atoms with van der Waals surface area (Å²) in [7, 11) is -3.80. The van der Waals surface area contributed by atoms with Gasteiger partial charge in [-0.3, -0.25) is 0 Å². The van der Waals surface area contributed by atoms with E-state index in [0.29, 0.717) is 0 Å². The van der Waals surface area contributed by atoms with E-state index < -0.39 is 10.0 Å². The van der Waals surface area contributed by atoms with Crippen molar-refractivity contribution in [1.29, 1.82) is 0 Å². The topological polar surface area (TPSA) is 85.1 Å². The minimum Gasteiger partial charge on any atom is -0.339 e. The van der Waals surface area contributed by atoms with Crippen LogP contribution in [0, 0.1) is 0 Å². The van der Waals surface area contributed by atoms with E-state index in [-0.39, 0.29) is 10.7 Å². The molecule has 2 aromatic rings. The summed E-state index contributed by atoms with van der Waals surface area (Å²) in [6.45, 7) is 0. The van der Waals surface area contributed by atoms with Gasteiger partial charge in [-0.1, -0.05) is 6.07 Å². The molecule has 0 aliphatic rings. The lowest BCUT2D eigenvalue weighted by molar-refractivity contribution is 0.598. The molecule has 3 N–H and O–H groups in total. The molecule has 0 aliphatic carbocycles. The van der Waals surface area contributed by atoms with Crippen LogP contribution in [-0.4, -0.2) is 19.7 Å². The Morgan fingerprint density at radius 1 is 1.26 bits per heavy atom. The zero-order valence-electron chi connectivity index (χ0n) is 10.2. The maximum absolute atomic E-state index is 11.5. The number of benzene rings is 1. The molecule has 0 unspecified atom stereocenters. The van der Waals surface area contributed by atoms with Gasteiger partial charge in [0.05, 0.1) is 0 Å². The summed E-state index contributed by atoms with van der Waals surface area (Å²) in [5.74, 6) is 0.225. The molecule has 0 bridgehead atoms. The van der Waals surface area contributed by atoms with Gasteiger partial charge < -0.3 is 5.32 Å². The molecule has 0 atom stereocenters. The number of sulfonamides is 1. The predicted molar refractivity (Wildman–Crippen MR) is 77.1 cm³/mol. The van der Waals surface area contributed by atoms with Gasteiger partial charge in [-0.15, -0.1) is 11.8 Å². The second kappa shape index (κ2) is 5.60. The van der Waals surface area contributed by atoms with Crippen LogP contribution in [0.15, 0.2) is 52.4 Å². The Morgan fingerprint density at radius 3 is 2.74 bits per heavy atom. The first kappa shape index (κ1) is 13.9. The molecular weight excluding hydrogens is 282 g/mol. The van der Waals surface area contributed by atoms with Gasteiger partial charge in [-0.25, -0.2) is 18.5 Å². The van der Waals surface area contributed by atoms with Crippen LogP contribution < -0.4 is 10.5 Å². The summed E-state index contributed by atoms with van der Waals surface area (Å²) in [5, 5.41) is 8.13. The average Bonchev–Trinajstić information content (AvgIpc) is 2.38. The fourth-order valence-electron chi connectivity index (χ4n) is 1.55. The lowest BCUT2D eigenvalue weighted by Crippen LogP contribution is -2.14. The molecule has 0 saturated carbocycles. The zero-order valence-corrected chi connectivity index (χ0v) is 11.8. The van der Waals surface area contributed by atoms with Crippen molar-refractivity contribution in [2.75, 3.05) is 11.6 Å². The Balaban J connectivity index is 2.38. The number of pyridine rings is 1. The molecule has 0 amide bonds. The molecule has 1 aromatic carbocycles. The smallest absolute Gasteiger partial charge is 0.241 e. The summed E-state index contributed by atoms with van der Waals surface area (Å²) < 4.78 is 22.9. The van der Waals surface area contributed by atoms with E-state index in [9.17, 15) is 8.42 Å². The summed E-state index contributed by atoms with van der Waals surface area (Å²) in [4.78, 5) is 5.06. The third-order valence-corrected chi connectivity index (χ3v) is 4.08. The Hall–Kier alpha value is -1.57. The third kappa shape index (κ3) is 3.46. The highest BCUT2D eigenvalue weighted by molar-refractivity contribution is 7.98. The van der Waals surface area contributed by atoms with Crippen LogP contribution in [0.4, 0.5) is 11.5 Å². The number of primary sulfonamides is 1. The van der Waals surface area contributed by atoms with Gasteiger partial charge in [0.25, 0.3) is 0 Å². The van der Waals surface area contributed by atoms with E-state index in [1.165, 1.54) is 18.3 Å². The molecule has 0 fully saturated rings. The largest absolute Gasteiger partial charge is 0.339 e. The quantitative estimate of drug-likeness (QED) is 0.845. The maximum atomic E-state index is 11.5. The van der Waals surface area contributed by atoms with Gasteiger partial charge in [0.15, 0.2) is 5.82 Å². The van der Waals surface area contributed by atoms with E-state index in [1.54, 1.807) is 11.8 Å². The van der Waals surface area contributed by atoms with Crippen LogP contribution in [0.25, 0.3) is 0 Å². The highest BCUT2D eigenvalue weighted by Gasteiger charge is 2.14.